The van der Waals surface area contributed by atoms with E-state index < -0.39 is 17.0 Å². The lowest BCUT2D eigenvalue weighted by molar-refractivity contribution is -0.150. The first-order valence-electron chi connectivity index (χ1n) is 5.82. The summed E-state index contributed by atoms with van der Waals surface area (Å²) in [6.45, 7) is 2.14. The number of esters is 1. The lowest BCUT2D eigenvalue weighted by Crippen LogP contribution is -2.25. The van der Waals surface area contributed by atoms with Gasteiger partial charge in [-0.15, -0.1) is 0 Å². The van der Waals surface area contributed by atoms with Gasteiger partial charge in [0.05, 0.1) is 6.61 Å². The van der Waals surface area contributed by atoms with Crippen LogP contribution < -0.4 is 4.74 Å². The van der Waals surface area contributed by atoms with Crippen molar-refractivity contribution in [2.75, 3.05) is 13.2 Å². The van der Waals surface area contributed by atoms with Gasteiger partial charge in [0, 0.05) is 18.2 Å². The van der Waals surface area contributed by atoms with E-state index in [1.165, 1.54) is 0 Å². The highest BCUT2D eigenvalue weighted by Gasteiger charge is 2.52. The minimum absolute atomic E-state index is 0.0862. The van der Waals surface area contributed by atoms with E-state index >= 15 is 0 Å². The van der Waals surface area contributed by atoms with Crippen molar-refractivity contribution < 1.29 is 23.0 Å². The van der Waals surface area contributed by atoms with Crippen molar-refractivity contribution >= 4 is 5.97 Å². The van der Waals surface area contributed by atoms with Gasteiger partial charge >= 0.3 is 5.97 Å². The molecule has 0 amide bonds. The van der Waals surface area contributed by atoms with E-state index in [1.807, 2.05) is 0 Å². The number of hydrogen-bond acceptors (Lipinski definition) is 3. The highest BCUT2D eigenvalue weighted by molar-refractivity contribution is 5.80. The third kappa shape index (κ3) is 2.78. The number of ether oxygens (including phenoxy) is 2. The SMILES string of the molecule is CCOC(=O)C1(COc2cc(F)cc(F)c2)CC1. The van der Waals surface area contributed by atoms with Gasteiger partial charge in [-0.05, 0) is 19.8 Å². The smallest absolute Gasteiger partial charge is 0.315 e. The van der Waals surface area contributed by atoms with Crippen LogP contribution in [0.4, 0.5) is 8.78 Å². The molecule has 0 spiro atoms. The Morgan fingerprint density at radius 1 is 1.28 bits per heavy atom. The second-order valence-corrected chi connectivity index (χ2v) is 4.39. The molecule has 0 heterocycles. The molecule has 1 saturated carbocycles. The average Bonchev–Trinajstić information content (AvgIpc) is 3.06. The molecule has 1 aromatic carbocycles. The second kappa shape index (κ2) is 4.92. The standard InChI is InChI=1S/C13H14F2O3/c1-2-17-12(16)13(3-4-13)8-18-11-6-9(14)5-10(15)7-11/h5-7H,2-4,8H2,1H3. The molecule has 0 saturated heterocycles. The molecule has 0 atom stereocenters. The molecule has 1 aliphatic rings. The fourth-order valence-corrected chi connectivity index (χ4v) is 1.68. The maximum atomic E-state index is 12.9. The Hall–Kier alpha value is -1.65. The summed E-state index contributed by atoms with van der Waals surface area (Å²) >= 11 is 0. The Labute approximate surface area is 104 Å². The number of carbonyl (C=O) groups is 1. The predicted octanol–water partition coefficient (Wildman–Crippen LogP) is 2.69. The van der Waals surface area contributed by atoms with E-state index in [9.17, 15) is 13.6 Å². The second-order valence-electron chi connectivity index (χ2n) is 4.39. The van der Waals surface area contributed by atoms with Crippen LogP contribution in [0, 0.1) is 17.0 Å². The van der Waals surface area contributed by atoms with Crippen LogP contribution in [-0.2, 0) is 9.53 Å². The monoisotopic (exact) mass is 256 g/mol. The van der Waals surface area contributed by atoms with E-state index in [1.54, 1.807) is 6.92 Å². The zero-order chi connectivity index (χ0) is 13.2. The van der Waals surface area contributed by atoms with Crippen molar-refractivity contribution in [2.45, 2.75) is 19.8 Å². The molecule has 2 rings (SSSR count). The molecule has 0 aliphatic heterocycles. The topological polar surface area (TPSA) is 35.5 Å². The molecule has 0 radical (unpaired) electrons. The lowest BCUT2D eigenvalue weighted by atomic mass is 10.1. The fraction of sp³-hybridized carbons (Fsp3) is 0.462. The maximum Gasteiger partial charge on any atom is 0.315 e. The van der Waals surface area contributed by atoms with Crippen molar-refractivity contribution in [3.63, 3.8) is 0 Å². The minimum atomic E-state index is -0.703. The van der Waals surface area contributed by atoms with Crippen LogP contribution in [0.25, 0.3) is 0 Å². The van der Waals surface area contributed by atoms with Crippen molar-refractivity contribution in [3.8, 4) is 5.75 Å². The molecule has 0 bridgehead atoms. The predicted molar refractivity (Wildman–Crippen MR) is 60.2 cm³/mol. The number of hydrogen-bond donors (Lipinski definition) is 0. The first-order chi connectivity index (χ1) is 8.55. The summed E-state index contributed by atoms with van der Waals surface area (Å²) < 4.78 is 36.1. The molecule has 1 fully saturated rings. The Morgan fingerprint density at radius 3 is 2.39 bits per heavy atom. The minimum Gasteiger partial charge on any atom is -0.492 e. The van der Waals surface area contributed by atoms with E-state index in [0.717, 1.165) is 18.2 Å². The van der Waals surface area contributed by atoms with Crippen LogP contribution in [0.3, 0.4) is 0 Å². The highest BCUT2D eigenvalue weighted by atomic mass is 19.1. The Bertz CT molecular complexity index is 435. The van der Waals surface area contributed by atoms with Crippen LogP contribution in [0.2, 0.25) is 0 Å². The first-order valence-corrected chi connectivity index (χ1v) is 5.82. The molecule has 0 N–H and O–H groups in total. The maximum absolute atomic E-state index is 12.9. The van der Waals surface area contributed by atoms with E-state index in [4.69, 9.17) is 9.47 Å². The Kier molecular flexibility index (Phi) is 3.50. The van der Waals surface area contributed by atoms with Crippen molar-refractivity contribution in [2.24, 2.45) is 5.41 Å². The van der Waals surface area contributed by atoms with Crippen LogP contribution in [0.5, 0.6) is 5.75 Å². The summed E-state index contributed by atoms with van der Waals surface area (Å²) in [5.74, 6) is -1.62. The molecule has 0 unspecified atom stereocenters. The summed E-state index contributed by atoms with van der Waals surface area (Å²) in [7, 11) is 0. The average molecular weight is 256 g/mol. The van der Waals surface area contributed by atoms with Gasteiger partial charge in [-0.25, -0.2) is 8.78 Å². The zero-order valence-electron chi connectivity index (χ0n) is 10.0. The van der Waals surface area contributed by atoms with Gasteiger partial charge in [0.15, 0.2) is 0 Å². The molecule has 3 nitrogen and oxygen atoms in total. The van der Waals surface area contributed by atoms with Crippen LogP contribution in [-0.4, -0.2) is 19.2 Å². The van der Waals surface area contributed by atoms with Crippen LogP contribution in [0.15, 0.2) is 18.2 Å². The Morgan fingerprint density at radius 2 is 1.89 bits per heavy atom. The zero-order valence-corrected chi connectivity index (χ0v) is 10.0. The summed E-state index contributed by atoms with van der Waals surface area (Å²) in [4.78, 5) is 11.6. The third-order valence-corrected chi connectivity index (χ3v) is 2.91. The summed E-state index contributed by atoms with van der Waals surface area (Å²) in [5, 5.41) is 0. The van der Waals surface area contributed by atoms with Gasteiger partial charge in [-0.3, -0.25) is 4.79 Å². The largest absolute Gasteiger partial charge is 0.492 e. The summed E-state index contributed by atoms with van der Waals surface area (Å²) in [6.07, 6.45) is 1.37. The third-order valence-electron chi connectivity index (χ3n) is 2.91. The molecule has 5 heteroatoms. The number of halogens is 2. The molecule has 98 valence electrons. The van der Waals surface area contributed by atoms with Gasteiger partial charge in [0.1, 0.15) is 29.4 Å². The normalized spacial score (nSPS) is 16.2. The molecule has 1 aliphatic carbocycles. The van der Waals surface area contributed by atoms with Crippen molar-refractivity contribution in [1.29, 1.82) is 0 Å². The van der Waals surface area contributed by atoms with Gasteiger partial charge in [0.25, 0.3) is 0 Å². The highest BCUT2D eigenvalue weighted by Crippen LogP contribution is 2.47. The molecular formula is C13H14F2O3. The number of benzene rings is 1. The molecular weight excluding hydrogens is 242 g/mol. The number of carbonyl (C=O) groups excluding carboxylic acids is 1. The van der Waals surface area contributed by atoms with Gasteiger partial charge < -0.3 is 9.47 Å². The lowest BCUT2D eigenvalue weighted by Gasteiger charge is -2.14. The fourth-order valence-electron chi connectivity index (χ4n) is 1.68. The van der Waals surface area contributed by atoms with E-state index in [0.29, 0.717) is 19.4 Å². The van der Waals surface area contributed by atoms with Gasteiger partial charge in [0.2, 0.25) is 0 Å². The quantitative estimate of drug-likeness (QED) is 0.760. The van der Waals surface area contributed by atoms with E-state index in [-0.39, 0.29) is 18.3 Å². The van der Waals surface area contributed by atoms with Crippen molar-refractivity contribution in [3.05, 3.63) is 29.8 Å². The molecule has 18 heavy (non-hydrogen) atoms. The first kappa shape index (κ1) is 12.8. The number of rotatable bonds is 5. The van der Waals surface area contributed by atoms with Crippen LogP contribution in [0.1, 0.15) is 19.8 Å². The Balaban J connectivity index is 1.97. The summed E-state index contributed by atoms with van der Waals surface area (Å²) in [6, 6.07) is 2.94. The van der Waals surface area contributed by atoms with Gasteiger partial charge in [-0.2, -0.15) is 0 Å². The molecule has 1 aromatic rings. The molecule has 0 aromatic heterocycles. The summed E-state index contributed by atoms with van der Waals surface area (Å²) in [5.41, 5.74) is -0.626. The van der Waals surface area contributed by atoms with Crippen LogP contribution >= 0.6 is 0 Å². The van der Waals surface area contributed by atoms with E-state index in [2.05, 4.69) is 0 Å². The van der Waals surface area contributed by atoms with Gasteiger partial charge in [-0.1, -0.05) is 0 Å². The van der Waals surface area contributed by atoms with Crippen molar-refractivity contribution in [1.82, 2.24) is 0 Å².